The van der Waals surface area contributed by atoms with Gasteiger partial charge in [-0.25, -0.2) is 9.38 Å². The summed E-state index contributed by atoms with van der Waals surface area (Å²) >= 11 is 0. The van der Waals surface area contributed by atoms with E-state index in [0.29, 0.717) is 24.6 Å². The Kier molecular flexibility index (Phi) is 6.95. The predicted octanol–water partition coefficient (Wildman–Crippen LogP) is 2.83. The lowest BCUT2D eigenvalue weighted by Crippen LogP contribution is -2.41. The normalized spacial score (nSPS) is 11.1. The van der Waals surface area contributed by atoms with Gasteiger partial charge in [-0.1, -0.05) is 30.3 Å². The van der Waals surface area contributed by atoms with Crippen LogP contribution in [0.5, 0.6) is 0 Å². The molecule has 0 aromatic heterocycles. The number of nitrogens with zero attached hydrogens (tertiary/aromatic N) is 1. The van der Waals surface area contributed by atoms with Gasteiger partial charge >= 0.3 is 0 Å². The van der Waals surface area contributed by atoms with E-state index in [1.165, 1.54) is 6.07 Å². The van der Waals surface area contributed by atoms with Gasteiger partial charge in [-0.3, -0.25) is 4.79 Å². The first-order valence-electron chi connectivity index (χ1n) is 8.20. The zero-order valence-electron chi connectivity index (χ0n) is 14.5. The van der Waals surface area contributed by atoms with Crippen LogP contribution in [0.25, 0.3) is 0 Å². The predicted molar refractivity (Wildman–Crippen MR) is 99.0 cm³/mol. The van der Waals surface area contributed by atoms with Crippen molar-refractivity contribution < 1.29 is 9.18 Å². The fourth-order valence-corrected chi connectivity index (χ4v) is 2.14. The SMILES string of the molecule is CCNC(=NCc1ccc(C)c(F)c1)NCC(=O)Nc1ccccc1. The molecule has 0 bridgehead atoms. The number of hydrogen-bond acceptors (Lipinski definition) is 2. The lowest BCUT2D eigenvalue weighted by molar-refractivity contribution is -0.115. The van der Waals surface area contributed by atoms with E-state index in [0.717, 1.165) is 11.3 Å². The van der Waals surface area contributed by atoms with Crippen molar-refractivity contribution in [2.24, 2.45) is 4.99 Å². The van der Waals surface area contributed by atoms with Gasteiger partial charge in [0.05, 0.1) is 13.1 Å². The van der Waals surface area contributed by atoms with Gasteiger partial charge in [-0.15, -0.1) is 0 Å². The Balaban J connectivity index is 1.90. The van der Waals surface area contributed by atoms with Crippen LogP contribution in [0.15, 0.2) is 53.5 Å². The maximum atomic E-state index is 13.6. The van der Waals surface area contributed by atoms with Crippen LogP contribution in [0.2, 0.25) is 0 Å². The van der Waals surface area contributed by atoms with Gasteiger partial charge in [-0.2, -0.15) is 0 Å². The van der Waals surface area contributed by atoms with Crippen molar-refractivity contribution in [3.63, 3.8) is 0 Å². The summed E-state index contributed by atoms with van der Waals surface area (Å²) in [6.07, 6.45) is 0. The summed E-state index contributed by atoms with van der Waals surface area (Å²) in [5, 5.41) is 8.83. The van der Waals surface area contributed by atoms with Crippen molar-refractivity contribution in [3.8, 4) is 0 Å². The Morgan fingerprint density at radius 1 is 1.12 bits per heavy atom. The molecule has 132 valence electrons. The Labute approximate surface area is 147 Å². The number of rotatable bonds is 6. The van der Waals surface area contributed by atoms with Crippen LogP contribution in [-0.2, 0) is 11.3 Å². The van der Waals surface area contributed by atoms with Crippen LogP contribution in [0, 0.1) is 12.7 Å². The van der Waals surface area contributed by atoms with Gasteiger partial charge in [0.15, 0.2) is 5.96 Å². The number of para-hydroxylation sites is 1. The van der Waals surface area contributed by atoms with E-state index in [1.807, 2.05) is 43.3 Å². The van der Waals surface area contributed by atoms with Gasteiger partial charge in [0.25, 0.3) is 0 Å². The molecule has 0 radical (unpaired) electrons. The number of guanidine groups is 1. The van der Waals surface area contributed by atoms with Crippen LogP contribution in [0.1, 0.15) is 18.1 Å². The summed E-state index contributed by atoms with van der Waals surface area (Å²) in [5.74, 6) is 0.0952. The highest BCUT2D eigenvalue weighted by Crippen LogP contribution is 2.10. The summed E-state index contributed by atoms with van der Waals surface area (Å²) < 4.78 is 13.6. The molecule has 0 saturated heterocycles. The molecular weight excluding hydrogens is 319 g/mol. The lowest BCUT2D eigenvalue weighted by Gasteiger charge is -2.11. The van der Waals surface area contributed by atoms with Crippen LogP contribution >= 0.6 is 0 Å². The average Bonchev–Trinajstić information content (AvgIpc) is 2.61. The van der Waals surface area contributed by atoms with Crippen LogP contribution in [0.4, 0.5) is 10.1 Å². The minimum atomic E-state index is -0.243. The van der Waals surface area contributed by atoms with Gasteiger partial charge < -0.3 is 16.0 Å². The number of carbonyl (C=O) groups is 1. The maximum absolute atomic E-state index is 13.6. The first-order valence-corrected chi connectivity index (χ1v) is 8.20. The molecule has 2 aromatic carbocycles. The molecule has 0 unspecified atom stereocenters. The second-order valence-corrected chi connectivity index (χ2v) is 5.55. The number of anilines is 1. The summed E-state index contributed by atoms with van der Waals surface area (Å²) in [6.45, 7) is 4.73. The fraction of sp³-hybridized carbons (Fsp3) is 0.263. The Morgan fingerprint density at radius 2 is 1.88 bits per heavy atom. The van der Waals surface area contributed by atoms with Gasteiger partial charge in [0, 0.05) is 12.2 Å². The first kappa shape index (κ1) is 18.4. The Hall–Kier alpha value is -2.89. The monoisotopic (exact) mass is 342 g/mol. The van der Waals surface area contributed by atoms with Crippen molar-refractivity contribution >= 4 is 17.6 Å². The third-order valence-electron chi connectivity index (χ3n) is 3.47. The second kappa shape index (κ2) is 9.42. The molecule has 5 nitrogen and oxygen atoms in total. The van der Waals surface area contributed by atoms with Crippen LogP contribution < -0.4 is 16.0 Å². The molecule has 0 spiro atoms. The minimum absolute atomic E-state index is 0.0863. The minimum Gasteiger partial charge on any atom is -0.357 e. The van der Waals surface area contributed by atoms with E-state index in [-0.39, 0.29) is 18.3 Å². The summed E-state index contributed by atoms with van der Waals surface area (Å²) in [4.78, 5) is 16.4. The fourth-order valence-electron chi connectivity index (χ4n) is 2.14. The number of benzene rings is 2. The maximum Gasteiger partial charge on any atom is 0.243 e. The van der Waals surface area contributed by atoms with Gasteiger partial charge in [0.2, 0.25) is 5.91 Å². The zero-order chi connectivity index (χ0) is 18.1. The van der Waals surface area contributed by atoms with E-state index in [1.54, 1.807) is 13.0 Å². The molecular formula is C19H23FN4O. The highest BCUT2D eigenvalue weighted by molar-refractivity contribution is 5.94. The third kappa shape index (κ3) is 6.25. The standard InChI is InChI=1S/C19H23FN4O/c1-3-21-19(22-12-15-10-9-14(2)17(20)11-15)23-13-18(25)24-16-7-5-4-6-8-16/h4-11H,3,12-13H2,1-2H3,(H,24,25)(H2,21,22,23). The third-order valence-corrected chi connectivity index (χ3v) is 3.47. The molecule has 0 atom stereocenters. The molecule has 2 aromatic rings. The molecule has 0 saturated carbocycles. The van der Waals surface area contributed by atoms with Crippen molar-refractivity contribution in [3.05, 3.63) is 65.5 Å². The number of hydrogen-bond donors (Lipinski definition) is 3. The number of aryl methyl sites for hydroxylation is 1. The number of aliphatic imine (C=N–C) groups is 1. The van der Waals surface area contributed by atoms with Gasteiger partial charge in [-0.05, 0) is 43.2 Å². The molecule has 0 heterocycles. The van der Waals surface area contributed by atoms with E-state index in [2.05, 4.69) is 20.9 Å². The van der Waals surface area contributed by atoms with Crippen molar-refractivity contribution in [1.29, 1.82) is 0 Å². The molecule has 2 rings (SSSR count). The van der Waals surface area contributed by atoms with Crippen LogP contribution in [0.3, 0.4) is 0 Å². The highest BCUT2D eigenvalue weighted by atomic mass is 19.1. The second-order valence-electron chi connectivity index (χ2n) is 5.55. The first-order chi connectivity index (χ1) is 12.1. The summed E-state index contributed by atoms with van der Waals surface area (Å²) in [5.41, 5.74) is 2.12. The Morgan fingerprint density at radius 3 is 2.56 bits per heavy atom. The van der Waals surface area contributed by atoms with Gasteiger partial charge in [0.1, 0.15) is 5.82 Å². The van der Waals surface area contributed by atoms with E-state index >= 15 is 0 Å². The molecule has 25 heavy (non-hydrogen) atoms. The van der Waals surface area contributed by atoms with E-state index in [9.17, 15) is 9.18 Å². The number of nitrogens with one attached hydrogen (secondary N) is 3. The molecule has 0 aliphatic rings. The van der Waals surface area contributed by atoms with Crippen molar-refractivity contribution in [2.75, 3.05) is 18.4 Å². The largest absolute Gasteiger partial charge is 0.357 e. The molecule has 3 N–H and O–H groups in total. The molecule has 6 heteroatoms. The smallest absolute Gasteiger partial charge is 0.243 e. The van der Waals surface area contributed by atoms with E-state index in [4.69, 9.17) is 0 Å². The summed E-state index contributed by atoms with van der Waals surface area (Å²) in [7, 11) is 0. The Bertz CT molecular complexity index is 731. The zero-order valence-corrected chi connectivity index (χ0v) is 14.5. The number of amides is 1. The van der Waals surface area contributed by atoms with E-state index < -0.39 is 0 Å². The van der Waals surface area contributed by atoms with Crippen molar-refractivity contribution in [1.82, 2.24) is 10.6 Å². The molecule has 0 aliphatic heterocycles. The molecule has 1 amide bonds. The topological polar surface area (TPSA) is 65.5 Å². The number of halogens is 1. The summed E-state index contributed by atoms with van der Waals surface area (Å²) in [6, 6.07) is 14.3. The number of carbonyl (C=O) groups excluding carboxylic acids is 1. The van der Waals surface area contributed by atoms with Crippen LogP contribution in [-0.4, -0.2) is 25.0 Å². The quantitative estimate of drug-likeness (QED) is 0.559. The average molecular weight is 342 g/mol. The lowest BCUT2D eigenvalue weighted by atomic mass is 10.1. The van der Waals surface area contributed by atoms with Crippen molar-refractivity contribution in [2.45, 2.75) is 20.4 Å². The highest BCUT2D eigenvalue weighted by Gasteiger charge is 2.05. The molecule has 0 fully saturated rings. The molecule has 0 aliphatic carbocycles.